The van der Waals surface area contributed by atoms with Crippen LogP contribution in [0.2, 0.25) is 0 Å². The molecule has 1 atom stereocenters. The minimum Gasteiger partial charge on any atom is -1.00 e. The van der Waals surface area contributed by atoms with Crippen molar-refractivity contribution in [3.63, 3.8) is 0 Å². The van der Waals surface area contributed by atoms with Crippen molar-refractivity contribution in [2.45, 2.75) is 329 Å². The fraction of sp³-hybridized carbons (Fsp3) is 0.912. The van der Waals surface area contributed by atoms with Crippen LogP contribution in [-0.2, 0) is 6.54 Å². The lowest BCUT2D eigenvalue weighted by Crippen LogP contribution is -3.00. The molecule has 0 aliphatic carbocycles. The van der Waals surface area contributed by atoms with E-state index >= 15 is 0 Å². The van der Waals surface area contributed by atoms with E-state index in [2.05, 4.69) is 67.7 Å². The first-order valence-corrected chi connectivity index (χ1v) is 28.0. The number of allylic oxidation sites excluding steroid dienone is 2. The lowest BCUT2D eigenvalue weighted by atomic mass is 9.89. The van der Waals surface area contributed by atoms with Crippen LogP contribution >= 0.6 is 0 Å². The quantitative estimate of drug-likeness (QED) is 0.0351. The van der Waals surface area contributed by atoms with Gasteiger partial charge >= 0.3 is 0 Å². The Morgan fingerprint density at radius 3 is 0.983 bits per heavy atom. The van der Waals surface area contributed by atoms with Crippen LogP contribution in [0, 0.1) is 5.92 Å². The van der Waals surface area contributed by atoms with E-state index in [9.17, 15) is 0 Å². The molecular formula is C57H111ClN2. The molecule has 60 heavy (non-hydrogen) atoms. The molecule has 2 nitrogen and oxygen atoms in total. The molecule has 0 spiro atoms. The first kappa shape index (κ1) is 59.2. The van der Waals surface area contributed by atoms with Crippen molar-refractivity contribution in [1.82, 2.24) is 4.57 Å². The molecule has 3 heteroatoms. The van der Waals surface area contributed by atoms with Crippen LogP contribution < -0.4 is 17.0 Å². The molecule has 1 aromatic heterocycles. The van der Waals surface area contributed by atoms with Crippen LogP contribution in [0.3, 0.4) is 0 Å². The van der Waals surface area contributed by atoms with Crippen LogP contribution in [0.1, 0.15) is 323 Å². The number of nitrogens with zero attached hydrogens (tertiary/aromatic N) is 2. The Kier molecular flexibility index (Phi) is 48.6. The lowest BCUT2D eigenvalue weighted by molar-refractivity contribution is -0.724. The fourth-order valence-electron chi connectivity index (χ4n) is 9.68. The van der Waals surface area contributed by atoms with Gasteiger partial charge in [0.15, 0.2) is 0 Å². The molecular weight excluding hydrogens is 748 g/mol. The van der Waals surface area contributed by atoms with Gasteiger partial charge in [-0.25, -0.2) is 9.13 Å². The molecule has 0 aliphatic rings. The normalized spacial score (nSPS) is 12.3. The molecule has 1 aromatic rings. The van der Waals surface area contributed by atoms with E-state index in [0.29, 0.717) is 6.04 Å². The second-order valence-corrected chi connectivity index (χ2v) is 19.6. The zero-order valence-corrected chi connectivity index (χ0v) is 42.6. The fourth-order valence-corrected chi connectivity index (χ4v) is 9.68. The maximum absolute atomic E-state index is 2.58. The highest BCUT2D eigenvalue weighted by Crippen LogP contribution is 2.27. The molecule has 0 amide bonds. The summed E-state index contributed by atoms with van der Waals surface area (Å²) in [6.07, 6.45) is 76.7. The molecule has 356 valence electrons. The van der Waals surface area contributed by atoms with Crippen molar-refractivity contribution >= 4 is 0 Å². The van der Waals surface area contributed by atoms with E-state index in [4.69, 9.17) is 0 Å². The summed E-state index contributed by atoms with van der Waals surface area (Å²) in [5.41, 5.74) is 0. The average Bonchev–Trinajstić information content (AvgIpc) is 3.74. The number of hydrogen-bond acceptors (Lipinski definition) is 0. The third-order valence-electron chi connectivity index (χ3n) is 13.9. The number of halogens is 1. The maximum Gasteiger partial charge on any atom is 0.243 e. The van der Waals surface area contributed by atoms with Gasteiger partial charge in [-0.2, -0.15) is 0 Å². The second kappa shape index (κ2) is 49.3. The predicted molar refractivity (Wildman–Crippen MR) is 267 cm³/mol. The van der Waals surface area contributed by atoms with Gasteiger partial charge in [-0.05, 0) is 64.2 Å². The summed E-state index contributed by atoms with van der Waals surface area (Å²) in [7, 11) is 0. The molecule has 0 N–H and O–H groups in total. The van der Waals surface area contributed by atoms with E-state index in [1.54, 1.807) is 0 Å². The minimum atomic E-state index is 0. The summed E-state index contributed by atoms with van der Waals surface area (Å²) >= 11 is 0. The van der Waals surface area contributed by atoms with Crippen molar-refractivity contribution < 1.29 is 17.0 Å². The Labute approximate surface area is 385 Å². The highest BCUT2D eigenvalue weighted by molar-refractivity contribution is 4.81. The van der Waals surface area contributed by atoms with Gasteiger partial charge in [-0.1, -0.05) is 270 Å². The van der Waals surface area contributed by atoms with Crippen LogP contribution in [0.15, 0.2) is 30.9 Å². The molecule has 0 fully saturated rings. The van der Waals surface area contributed by atoms with Crippen LogP contribution in [0.5, 0.6) is 0 Å². The van der Waals surface area contributed by atoms with Crippen molar-refractivity contribution in [3.05, 3.63) is 30.9 Å². The van der Waals surface area contributed by atoms with E-state index < -0.39 is 0 Å². The molecule has 0 aliphatic heterocycles. The predicted octanol–water partition coefficient (Wildman–Crippen LogP) is 17.1. The zero-order chi connectivity index (χ0) is 42.4. The molecule has 0 saturated heterocycles. The second-order valence-electron chi connectivity index (χ2n) is 19.6. The van der Waals surface area contributed by atoms with Gasteiger partial charge in [0.05, 0.1) is 6.54 Å². The van der Waals surface area contributed by atoms with E-state index in [-0.39, 0.29) is 12.4 Å². The summed E-state index contributed by atoms with van der Waals surface area (Å²) in [6.45, 7) is 10.3. The first-order valence-electron chi connectivity index (χ1n) is 28.0. The highest BCUT2D eigenvalue weighted by Gasteiger charge is 2.17. The number of rotatable bonds is 49. The molecule has 1 heterocycles. The van der Waals surface area contributed by atoms with Crippen molar-refractivity contribution in [2.75, 3.05) is 0 Å². The third-order valence-corrected chi connectivity index (χ3v) is 13.9. The zero-order valence-electron chi connectivity index (χ0n) is 41.8. The summed E-state index contributed by atoms with van der Waals surface area (Å²) in [5.74, 6) is 0.976. The Morgan fingerprint density at radius 2 is 0.650 bits per heavy atom. The van der Waals surface area contributed by atoms with E-state index in [1.165, 1.54) is 289 Å². The van der Waals surface area contributed by atoms with Crippen LogP contribution in [-0.4, -0.2) is 4.57 Å². The smallest absolute Gasteiger partial charge is 0.243 e. The van der Waals surface area contributed by atoms with Crippen molar-refractivity contribution in [2.24, 2.45) is 5.92 Å². The number of hydrogen-bond donors (Lipinski definition) is 0. The molecule has 1 rings (SSSR count). The molecule has 0 bridgehead atoms. The van der Waals surface area contributed by atoms with Crippen molar-refractivity contribution in [1.29, 1.82) is 0 Å². The number of imidazole rings is 1. The third kappa shape index (κ3) is 40.0. The van der Waals surface area contributed by atoms with E-state index in [0.717, 1.165) is 12.5 Å². The topological polar surface area (TPSA) is 8.81 Å². The van der Waals surface area contributed by atoms with Crippen molar-refractivity contribution in [3.8, 4) is 0 Å². The highest BCUT2D eigenvalue weighted by atomic mass is 35.5. The number of aromatic nitrogens is 2. The SMILES string of the molecule is CCCCCCCC/C=C/CCCCCCCCC(CCCCC(CCCCCCCCCCCCCC)CCCCCCCCCCCCCC)[n+]1ccn(CC)c1.[Cl-]. The van der Waals surface area contributed by atoms with E-state index in [1.807, 2.05) is 0 Å². The van der Waals surface area contributed by atoms with Gasteiger partial charge < -0.3 is 12.4 Å². The van der Waals surface area contributed by atoms with Gasteiger partial charge in [0.1, 0.15) is 18.4 Å². The Balaban J connectivity index is 0.0000348. The summed E-state index contributed by atoms with van der Waals surface area (Å²) < 4.78 is 4.95. The largest absolute Gasteiger partial charge is 1.00 e. The minimum absolute atomic E-state index is 0. The summed E-state index contributed by atoms with van der Waals surface area (Å²) in [6, 6.07) is 0.686. The first-order chi connectivity index (χ1) is 29.2. The standard InChI is InChI=1S/C57H111N2.ClH/c1-5-9-12-15-18-21-24-27-28-29-30-33-36-39-42-45-51-57(59-54-53-58(8-4)55-59)52-47-46-50-56(48-43-40-37-34-31-25-22-19-16-13-10-6-2)49-44-41-38-35-32-26-23-20-17-14-11-7-3;/h27-28,53-57H,5-26,29-52H2,1-4H3;1H/q+1;/p-1/b28-27+;. The number of aryl methyl sites for hydroxylation is 1. The van der Waals surface area contributed by atoms with Crippen LogP contribution in [0.4, 0.5) is 0 Å². The molecule has 0 saturated carbocycles. The molecule has 1 unspecified atom stereocenters. The van der Waals surface area contributed by atoms with Gasteiger partial charge in [-0.3, -0.25) is 0 Å². The summed E-state index contributed by atoms with van der Waals surface area (Å²) in [4.78, 5) is 0. The molecule has 0 radical (unpaired) electrons. The van der Waals surface area contributed by atoms with Gasteiger partial charge in [-0.15, -0.1) is 0 Å². The maximum atomic E-state index is 2.58. The monoisotopic (exact) mass is 859 g/mol. The van der Waals surface area contributed by atoms with Crippen LogP contribution in [0.25, 0.3) is 0 Å². The molecule has 0 aromatic carbocycles. The van der Waals surface area contributed by atoms with Gasteiger partial charge in [0.25, 0.3) is 0 Å². The Hall–Kier alpha value is -0.760. The van der Waals surface area contributed by atoms with Gasteiger partial charge in [0, 0.05) is 0 Å². The Bertz CT molecular complexity index is 926. The summed E-state index contributed by atoms with van der Waals surface area (Å²) in [5, 5.41) is 0. The number of unbranched alkanes of at least 4 members (excludes halogenated alkanes) is 35. The average molecular weight is 860 g/mol. The Morgan fingerprint density at radius 1 is 0.367 bits per heavy atom. The van der Waals surface area contributed by atoms with Gasteiger partial charge in [0.2, 0.25) is 6.33 Å². The lowest BCUT2D eigenvalue weighted by Gasteiger charge is -2.18.